The van der Waals surface area contributed by atoms with Crippen LogP contribution in [0.15, 0.2) is 83.5 Å². The standard InChI is InChI=1S/C29H29BrN4O4/c1-2-3-6-17-31-29(36)28(20-9-13-24(14-10-20)34(37)38)33(23-15-11-22(30)12-16-23)27(35)18-21-19-32-26-8-5-4-7-25(21)26/h4-5,7-16,19,28,32H,2-3,6,17-18H2,1H3,(H,31,36). The fraction of sp³-hybridized carbons (Fsp3) is 0.241. The Labute approximate surface area is 229 Å². The van der Waals surface area contributed by atoms with E-state index in [0.717, 1.165) is 40.2 Å². The Bertz CT molecular complexity index is 1420. The number of halogens is 1. The summed E-state index contributed by atoms with van der Waals surface area (Å²) in [7, 11) is 0. The summed E-state index contributed by atoms with van der Waals surface area (Å²) in [6.07, 6.45) is 4.67. The normalized spacial score (nSPS) is 11.7. The van der Waals surface area contributed by atoms with Gasteiger partial charge in [-0.05, 0) is 60.0 Å². The highest BCUT2D eigenvalue weighted by Gasteiger charge is 2.33. The van der Waals surface area contributed by atoms with E-state index in [1.54, 1.807) is 24.3 Å². The fourth-order valence-electron chi connectivity index (χ4n) is 4.44. The Balaban J connectivity index is 1.76. The highest BCUT2D eigenvalue weighted by molar-refractivity contribution is 9.10. The average Bonchev–Trinajstić information content (AvgIpc) is 3.33. The van der Waals surface area contributed by atoms with Gasteiger partial charge in [-0.25, -0.2) is 0 Å². The molecule has 9 heteroatoms. The maximum Gasteiger partial charge on any atom is 0.269 e. The van der Waals surface area contributed by atoms with Gasteiger partial charge in [-0.2, -0.15) is 0 Å². The lowest BCUT2D eigenvalue weighted by molar-refractivity contribution is -0.384. The number of rotatable bonds is 11. The predicted octanol–water partition coefficient (Wildman–Crippen LogP) is 6.46. The maximum absolute atomic E-state index is 14.0. The number of unbranched alkanes of at least 4 members (excludes halogenated alkanes) is 2. The number of nitrogens with one attached hydrogen (secondary N) is 2. The second-order valence-electron chi connectivity index (χ2n) is 9.03. The van der Waals surface area contributed by atoms with E-state index >= 15 is 0 Å². The smallest absolute Gasteiger partial charge is 0.269 e. The van der Waals surface area contributed by atoms with Crippen molar-refractivity contribution in [1.29, 1.82) is 0 Å². The third-order valence-corrected chi connectivity index (χ3v) is 6.92. The van der Waals surface area contributed by atoms with Crippen molar-refractivity contribution in [2.45, 2.75) is 38.6 Å². The van der Waals surface area contributed by atoms with Crippen LogP contribution in [0.1, 0.15) is 43.4 Å². The van der Waals surface area contributed by atoms with Gasteiger partial charge in [0.25, 0.3) is 5.69 Å². The quantitative estimate of drug-likeness (QED) is 0.121. The average molecular weight is 577 g/mol. The highest BCUT2D eigenvalue weighted by Crippen LogP contribution is 2.31. The predicted molar refractivity (Wildman–Crippen MR) is 152 cm³/mol. The summed E-state index contributed by atoms with van der Waals surface area (Å²) in [4.78, 5) is 43.2. The summed E-state index contributed by atoms with van der Waals surface area (Å²) in [5, 5.41) is 15.2. The first kappa shape index (κ1) is 27.1. The molecule has 0 aliphatic heterocycles. The minimum absolute atomic E-state index is 0.0622. The van der Waals surface area contributed by atoms with Crippen LogP contribution in [0.5, 0.6) is 0 Å². The van der Waals surface area contributed by atoms with E-state index in [0.29, 0.717) is 17.8 Å². The molecule has 3 aromatic carbocycles. The molecule has 0 bridgehead atoms. The number of nitrogens with zero attached hydrogens (tertiary/aromatic N) is 2. The van der Waals surface area contributed by atoms with Gasteiger partial charge in [-0.1, -0.05) is 53.9 Å². The number of aromatic nitrogens is 1. The molecule has 0 radical (unpaired) electrons. The van der Waals surface area contributed by atoms with E-state index in [2.05, 4.69) is 33.2 Å². The van der Waals surface area contributed by atoms with E-state index in [-0.39, 0.29) is 23.9 Å². The second-order valence-corrected chi connectivity index (χ2v) is 9.94. The molecule has 8 nitrogen and oxygen atoms in total. The minimum Gasteiger partial charge on any atom is -0.361 e. The number of nitro benzene ring substituents is 1. The molecule has 1 unspecified atom stereocenters. The van der Waals surface area contributed by atoms with E-state index in [1.807, 2.05) is 42.6 Å². The van der Waals surface area contributed by atoms with Crippen molar-refractivity contribution >= 4 is 50.0 Å². The number of benzene rings is 3. The maximum atomic E-state index is 14.0. The molecule has 2 amide bonds. The van der Waals surface area contributed by atoms with Crippen LogP contribution >= 0.6 is 15.9 Å². The zero-order chi connectivity index (χ0) is 27.1. The summed E-state index contributed by atoms with van der Waals surface area (Å²) < 4.78 is 0.834. The van der Waals surface area contributed by atoms with Crippen molar-refractivity contribution < 1.29 is 14.5 Å². The van der Waals surface area contributed by atoms with Gasteiger partial charge in [-0.15, -0.1) is 0 Å². The number of fused-ring (bicyclic) bond motifs is 1. The van der Waals surface area contributed by atoms with Crippen LogP contribution in [0.25, 0.3) is 10.9 Å². The highest BCUT2D eigenvalue weighted by atomic mass is 79.9. The van der Waals surface area contributed by atoms with Crippen molar-refractivity contribution in [3.05, 3.63) is 105 Å². The number of amides is 2. The first-order valence-corrected chi connectivity index (χ1v) is 13.3. The SMILES string of the molecule is CCCCCNC(=O)C(c1ccc([N+](=O)[O-])cc1)N(C(=O)Cc1c[nH]c2ccccc12)c1ccc(Br)cc1. The molecule has 1 heterocycles. The lowest BCUT2D eigenvalue weighted by Gasteiger charge is -2.31. The number of hydrogen-bond acceptors (Lipinski definition) is 4. The Morgan fingerprint density at radius 1 is 1.03 bits per heavy atom. The van der Waals surface area contributed by atoms with Crippen molar-refractivity contribution in [2.24, 2.45) is 0 Å². The number of non-ortho nitro benzene ring substituents is 1. The van der Waals surface area contributed by atoms with Crippen LogP contribution in [0.2, 0.25) is 0 Å². The van der Waals surface area contributed by atoms with Gasteiger partial charge < -0.3 is 10.3 Å². The molecule has 4 rings (SSSR count). The monoisotopic (exact) mass is 576 g/mol. The molecule has 0 saturated heterocycles. The van der Waals surface area contributed by atoms with Crippen LogP contribution in [0.4, 0.5) is 11.4 Å². The van der Waals surface area contributed by atoms with Crippen molar-refractivity contribution in [3.63, 3.8) is 0 Å². The van der Waals surface area contributed by atoms with Crippen molar-refractivity contribution in [3.8, 4) is 0 Å². The van der Waals surface area contributed by atoms with Crippen LogP contribution in [-0.4, -0.2) is 28.3 Å². The zero-order valence-corrected chi connectivity index (χ0v) is 22.6. The molecule has 0 aliphatic rings. The van der Waals surface area contributed by atoms with E-state index in [9.17, 15) is 19.7 Å². The van der Waals surface area contributed by atoms with Gasteiger partial charge in [0.2, 0.25) is 11.8 Å². The molecular weight excluding hydrogens is 548 g/mol. The molecule has 1 aromatic heterocycles. The number of hydrogen-bond donors (Lipinski definition) is 2. The Morgan fingerprint density at radius 2 is 1.74 bits per heavy atom. The van der Waals surface area contributed by atoms with Crippen molar-refractivity contribution in [1.82, 2.24) is 10.3 Å². The van der Waals surface area contributed by atoms with Crippen LogP contribution in [-0.2, 0) is 16.0 Å². The van der Waals surface area contributed by atoms with Gasteiger partial charge >= 0.3 is 0 Å². The molecular formula is C29H29BrN4O4. The van der Waals surface area contributed by atoms with Crippen molar-refractivity contribution in [2.75, 3.05) is 11.4 Å². The molecule has 1 atom stereocenters. The molecule has 0 aliphatic carbocycles. The third-order valence-electron chi connectivity index (χ3n) is 6.40. The summed E-state index contributed by atoms with van der Waals surface area (Å²) in [6.45, 7) is 2.56. The van der Waals surface area contributed by atoms with E-state index in [4.69, 9.17) is 0 Å². The fourth-order valence-corrected chi connectivity index (χ4v) is 4.71. The van der Waals surface area contributed by atoms with Crippen LogP contribution < -0.4 is 10.2 Å². The summed E-state index contributed by atoms with van der Waals surface area (Å²) in [5.41, 5.74) is 2.68. The first-order chi connectivity index (χ1) is 18.4. The van der Waals surface area contributed by atoms with Crippen LogP contribution in [0.3, 0.4) is 0 Å². The van der Waals surface area contributed by atoms with E-state index < -0.39 is 11.0 Å². The Hall–Kier alpha value is -3.98. The Kier molecular flexibility index (Phi) is 8.91. The van der Waals surface area contributed by atoms with Gasteiger partial charge in [-0.3, -0.25) is 24.6 Å². The van der Waals surface area contributed by atoms with Gasteiger partial charge in [0.1, 0.15) is 6.04 Å². The minimum atomic E-state index is -1.02. The number of carbonyl (C=O) groups excluding carboxylic acids is 2. The molecule has 38 heavy (non-hydrogen) atoms. The molecule has 4 aromatic rings. The number of nitro groups is 1. The number of H-pyrrole nitrogens is 1. The first-order valence-electron chi connectivity index (χ1n) is 12.5. The van der Waals surface area contributed by atoms with Crippen LogP contribution in [0, 0.1) is 10.1 Å². The third kappa shape index (κ3) is 6.28. The molecule has 0 saturated carbocycles. The number of aromatic amines is 1. The number of anilines is 1. The Morgan fingerprint density at radius 3 is 2.42 bits per heavy atom. The summed E-state index contributed by atoms with van der Waals surface area (Å²) in [6, 6.07) is 19.7. The largest absolute Gasteiger partial charge is 0.361 e. The lowest BCUT2D eigenvalue weighted by atomic mass is 10.0. The molecule has 0 fully saturated rings. The molecule has 196 valence electrons. The van der Waals surface area contributed by atoms with Gasteiger partial charge in [0, 0.05) is 45.9 Å². The number of carbonyl (C=O) groups is 2. The van der Waals surface area contributed by atoms with Gasteiger partial charge in [0.05, 0.1) is 11.3 Å². The lowest BCUT2D eigenvalue weighted by Crippen LogP contribution is -2.45. The molecule has 2 N–H and O–H groups in total. The summed E-state index contributed by atoms with van der Waals surface area (Å²) >= 11 is 3.44. The van der Waals surface area contributed by atoms with Gasteiger partial charge in [0.15, 0.2) is 0 Å². The second kappa shape index (κ2) is 12.5. The zero-order valence-electron chi connectivity index (χ0n) is 21.0. The summed E-state index contributed by atoms with van der Waals surface area (Å²) in [5.74, 6) is -0.616. The molecule has 0 spiro atoms. The van der Waals surface area contributed by atoms with E-state index in [1.165, 1.54) is 17.0 Å². The number of para-hydroxylation sites is 1. The topological polar surface area (TPSA) is 108 Å².